The zero-order valence-corrected chi connectivity index (χ0v) is 14.6. The number of rotatable bonds is 4. The second-order valence-electron chi connectivity index (χ2n) is 6.29. The molecule has 1 aliphatic heterocycles. The molecule has 27 heavy (non-hydrogen) atoms. The quantitative estimate of drug-likeness (QED) is 0.658. The van der Waals surface area contributed by atoms with Crippen LogP contribution in [0.3, 0.4) is 0 Å². The van der Waals surface area contributed by atoms with Gasteiger partial charge in [0.25, 0.3) is 0 Å². The molecule has 1 N–H and O–H groups in total. The van der Waals surface area contributed by atoms with E-state index in [2.05, 4.69) is 5.32 Å². The van der Waals surface area contributed by atoms with Crippen LogP contribution in [0.25, 0.3) is 0 Å². The lowest BCUT2D eigenvalue weighted by molar-refractivity contribution is -0.135. The summed E-state index contributed by atoms with van der Waals surface area (Å²) < 4.78 is 45.5. The van der Waals surface area contributed by atoms with Gasteiger partial charge in [0.1, 0.15) is 11.7 Å². The average Bonchev–Trinajstić information content (AvgIpc) is 2.97. The fourth-order valence-corrected chi connectivity index (χ4v) is 3.20. The van der Waals surface area contributed by atoms with Crippen LogP contribution in [0, 0.1) is 23.4 Å². The van der Waals surface area contributed by atoms with Crippen LogP contribution in [0.2, 0.25) is 0 Å². The van der Waals surface area contributed by atoms with E-state index in [1.54, 1.807) is 31.3 Å². The van der Waals surface area contributed by atoms with Gasteiger partial charge in [0.2, 0.25) is 11.8 Å². The third kappa shape index (κ3) is 3.47. The number of methoxy groups -OCH3 is 1. The number of benzene rings is 2. The first kappa shape index (κ1) is 18.8. The zero-order valence-electron chi connectivity index (χ0n) is 14.6. The van der Waals surface area contributed by atoms with Gasteiger partial charge in [-0.2, -0.15) is 0 Å². The minimum atomic E-state index is -1.69. The van der Waals surface area contributed by atoms with E-state index < -0.39 is 46.8 Å². The third-order valence-corrected chi connectivity index (χ3v) is 4.61. The Morgan fingerprint density at radius 1 is 1.19 bits per heavy atom. The average molecular weight is 378 g/mol. The first-order valence-corrected chi connectivity index (χ1v) is 8.16. The maximum absolute atomic E-state index is 13.9. The Labute approximate surface area is 153 Å². The fourth-order valence-electron chi connectivity index (χ4n) is 3.20. The van der Waals surface area contributed by atoms with Crippen molar-refractivity contribution in [1.29, 1.82) is 0 Å². The molecule has 0 spiro atoms. The molecule has 3 rings (SSSR count). The Hall–Kier alpha value is -3.03. The summed E-state index contributed by atoms with van der Waals surface area (Å²) in [5.74, 6) is -6.85. The van der Waals surface area contributed by atoms with Crippen LogP contribution in [-0.2, 0) is 9.59 Å². The molecule has 5 nitrogen and oxygen atoms in total. The second-order valence-corrected chi connectivity index (χ2v) is 6.29. The summed E-state index contributed by atoms with van der Waals surface area (Å²) in [6.07, 6.45) is 0. The van der Waals surface area contributed by atoms with Crippen molar-refractivity contribution in [3.05, 3.63) is 59.4 Å². The highest BCUT2D eigenvalue weighted by Gasteiger charge is 2.44. The van der Waals surface area contributed by atoms with Crippen LogP contribution < -0.4 is 10.1 Å². The van der Waals surface area contributed by atoms with E-state index in [0.29, 0.717) is 17.4 Å². The molecule has 0 unspecified atom stereocenters. The largest absolute Gasteiger partial charge is 0.497 e. The number of carbonyl (C=O) groups excluding carboxylic acids is 2. The Balaban J connectivity index is 1.91. The van der Waals surface area contributed by atoms with Crippen molar-refractivity contribution < 1.29 is 27.5 Å². The number of amides is 2. The maximum Gasteiger partial charge on any atom is 0.237 e. The highest BCUT2D eigenvalue weighted by Crippen LogP contribution is 2.35. The van der Waals surface area contributed by atoms with Crippen molar-refractivity contribution in [2.24, 2.45) is 5.92 Å². The van der Waals surface area contributed by atoms with Gasteiger partial charge in [-0.05, 0) is 29.8 Å². The number of likely N-dealkylation sites (tertiary alicyclic amines) is 1. The molecule has 0 bridgehead atoms. The van der Waals surface area contributed by atoms with E-state index in [0.717, 1.165) is 6.07 Å². The molecule has 1 saturated heterocycles. The van der Waals surface area contributed by atoms with Gasteiger partial charge < -0.3 is 15.0 Å². The first-order chi connectivity index (χ1) is 12.8. The minimum Gasteiger partial charge on any atom is -0.497 e. The van der Waals surface area contributed by atoms with Crippen LogP contribution in [0.5, 0.6) is 5.75 Å². The number of ether oxygens (including phenoxy) is 1. The molecule has 2 atom stereocenters. The van der Waals surface area contributed by atoms with E-state index in [4.69, 9.17) is 4.74 Å². The van der Waals surface area contributed by atoms with Crippen molar-refractivity contribution in [2.45, 2.75) is 5.92 Å². The standard InChI is InChI=1S/C19H17F3N2O3/c1-24-9-12(10-4-3-5-11(8-10)27-2)15(19(24)26)18(25)23-14-7-6-13(20)16(21)17(14)22/h3-8,12,15H,9H2,1-2H3,(H,23,25)/t12-,15+/m1/s1. The molecule has 2 aromatic rings. The summed E-state index contributed by atoms with van der Waals surface area (Å²) in [6, 6.07) is 8.57. The molecular formula is C19H17F3N2O3. The van der Waals surface area contributed by atoms with Gasteiger partial charge in [0.05, 0.1) is 12.8 Å². The van der Waals surface area contributed by atoms with Crippen LogP contribution >= 0.6 is 0 Å². The van der Waals surface area contributed by atoms with E-state index in [1.807, 2.05) is 0 Å². The monoisotopic (exact) mass is 378 g/mol. The lowest BCUT2D eigenvalue weighted by Crippen LogP contribution is -2.33. The molecule has 2 aromatic carbocycles. The lowest BCUT2D eigenvalue weighted by atomic mass is 9.87. The van der Waals surface area contributed by atoms with Gasteiger partial charge >= 0.3 is 0 Å². The summed E-state index contributed by atoms with van der Waals surface area (Å²) in [4.78, 5) is 26.6. The van der Waals surface area contributed by atoms with E-state index in [1.165, 1.54) is 12.0 Å². The van der Waals surface area contributed by atoms with Gasteiger partial charge in [-0.15, -0.1) is 0 Å². The molecule has 142 valence electrons. The summed E-state index contributed by atoms with van der Waals surface area (Å²) in [5.41, 5.74) is 0.184. The van der Waals surface area contributed by atoms with Crippen molar-refractivity contribution in [2.75, 3.05) is 26.0 Å². The number of halogens is 3. The molecular weight excluding hydrogens is 361 g/mol. The van der Waals surface area contributed by atoms with E-state index >= 15 is 0 Å². The van der Waals surface area contributed by atoms with Crippen molar-refractivity contribution in [3.63, 3.8) is 0 Å². The molecule has 8 heteroatoms. The number of nitrogens with zero attached hydrogens (tertiary/aromatic N) is 1. The first-order valence-electron chi connectivity index (χ1n) is 8.16. The van der Waals surface area contributed by atoms with Crippen molar-refractivity contribution >= 4 is 17.5 Å². The molecule has 1 heterocycles. The topological polar surface area (TPSA) is 58.6 Å². The van der Waals surface area contributed by atoms with Gasteiger partial charge in [-0.1, -0.05) is 12.1 Å². The summed E-state index contributed by atoms with van der Waals surface area (Å²) in [6.45, 7) is 0.282. The highest BCUT2D eigenvalue weighted by atomic mass is 19.2. The Kier molecular flexibility index (Phi) is 5.07. The number of carbonyl (C=O) groups is 2. The van der Waals surface area contributed by atoms with E-state index in [-0.39, 0.29) is 6.54 Å². The number of anilines is 1. The normalized spacial score (nSPS) is 19.3. The molecule has 2 amide bonds. The predicted molar refractivity (Wildman–Crippen MR) is 91.8 cm³/mol. The van der Waals surface area contributed by atoms with Crippen molar-refractivity contribution in [3.8, 4) is 5.75 Å². The van der Waals surface area contributed by atoms with Gasteiger partial charge in [-0.25, -0.2) is 13.2 Å². The molecule has 0 saturated carbocycles. The van der Waals surface area contributed by atoms with Crippen LogP contribution in [0.1, 0.15) is 11.5 Å². The van der Waals surface area contributed by atoms with Crippen molar-refractivity contribution in [1.82, 2.24) is 4.90 Å². The Morgan fingerprint density at radius 2 is 1.93 bits per heavy atom. The van der Waals surface area contributed by atoms with Crippen LogP contribution in [0.15, 0.2) is 36.4 Å². The number of nitrogens with one attached hydrogen (secondary N) is 1. The summed E-state index contributed by atoms with van der Waals surface area (Å²) >= 11 is 0. The second kappa shape index (κ2) is 7.30. The van der Waals surface area contributed by atoms with Gasteiger partial charge in [-0.3, -0.25) is 9.59 Å². The zero-order chi connectivity index (χ0) is 19.7. The van der Waals surface area contributed by atoms with E-state index in [9.17, 15) is 22.8 Å². The SMILES string of the molecule is COc1cccc([C@H]2CN(C)C(=O)[C@@H]2C(=O)Nc2ccc(F)c(F)c2F)c1. The number of hydrogen-bond donors (Lipinski definition) is 1. The molecule has 1 fully saturated rings. The number of likely N-dealkylation sites (N-methyl/N-ethyl adjacent to an activating group) is 1. The molecule has 0 radical (unpaired) electrons. The maximum atomic E-state index is 13.9. The summed E-state index contributed by atoms with van der Waals surface area (Å²) in [5, 5.41) is 2.20. The van der Waals surface area contributed by atoms with Crippen LogP contribution in [-0.4, -0.2) is 37.4 Å². The number of hydrogen-bond acceptors (Lipinski definition) is 3. The van der Waals surface area contributed by atoms with Gasteiger partial charge in [0.15, 0.2) is 17.5 Å². The molecule has 1 aliphatic rings. The highest BCUT2D eigenvalue weighted by molar-refractivity contribution is 6.08. The smallest absolute Gasteiger partial charge is 0.237 e. The summed E-state index contributed by atoms with van der Waals surface area (Å²) in [7, 11) is 3.06. The Bertz CT molecular complexity index is 904. The van der Waals surface area contributed by atoms with Gasteiger partial charge in [0, 0.05) is 19.5 Å². The fraction of sp³-hybridized carbons (Fsp3) is 0.263. The van der Waals surface area contributed by atoms with Crippen LogP contribution in [0.4, 0.5) is 18.9 Å². The Morgan fingerprint density at radius 3 is 2.63 bits per heavy atom. The molecule has 0 aromatic heterocycles. The predicted octanol–water partition coefficient (Wildman–Crippen LogP) is 2.92. The lowest BCUT2D eigenvalue weighted by Gasteiger charge is -2.18. The third-order valence-electron chi connectivity index (χ3n) is 4.61. The molecule has 0 aliphatic carbocycles. The minimum absolute atomic E-state index is 0.282.